The van der Waals surface area contributed by atoms with Crippen molar-refractivity contribution in [3.63, 3.8) is 0 Å². The molecule has 86 heavy (non-hydrogen) atoms. The fraction of sp³-hybridized carbons (Fsp3) is 0.702. The number of aliphatic hydroxyl groups excluding tert-OH is 2. The lowest BCUT2D eigenvalue weighted by Crippen LogP contribution is -2.61. The molecule has 1 rings (SSSR count). The number of carbonyl (C=O) groups is 12. The molecule has 1 aromatic rings. The van der Waals surface area contributed by atoms with E-state index in [2.05, 4.69) is 47.5 Å². The molecule has 0 aromatic carbocycles. The number of pyridine rings is 1. The van der Waals surface area contributed by atoms with Crippen molar-refractivity contribution in [1.29, 1.82) is 0 Å². The average Bonchev–Trinajstić information content (AvgIpc) is 3.55. The smallest absolute Gasteiger partial charge is 0.328 e. The number of rotatable bonds is 42. The van der Waals surface area contributed by atoms with Crippen LogP contribution in [0.5, 0.6) is 11.8 Å². The van der Waals surface area contributed by atoms with Crippen molar-refractivity contribution in [2.45, 2.75) is 207 Å². The van der Waals surface area contributed by atoms with E-state index in [9.17, 15) is 67.7 Å². The summed E-state index contributed by atoms with van der Waals surface area (Å²) in [4.78, 5) is 161. The highest BCUT2D eigenvalue weighted by Gasteiger charge is 2.38. The molecule has 0 saturated carbocycles. The van der Waals surface area contributed by atoms with Crippen LogP contribution < -0.4 is 63.5 Å². The second kappa shape index (κ2) is 39.8. The molecule has 0 aliphatic rings. The van der Waals surface area contributed by atoms with Crippen molar-refractivity contribution in [3.8, 4) is 11.8 Å². The highest BCUT2D eigenvalue weighted by Crippen LogP contribution is 2.17. The summed E-state index contributed by atoms with van der Waals surface area (Å²) in [6, 6.07) is -5.80. The minimum atomic E-state index is -1.54. The largest absolute Gasteiger partial charge is 0.478 e. The maximum atomic E-state index is 13.7. The van der Waals surface area contributed by atoms with E-state index in [0.29, 0.717) is 12.8 Å². The highest BCUT2D eigenvalue weighted by molar-refractivity contribution is 5.97. The van der Waals surface area contributed by atoms with Gasteiger partial charge in [0.15, 0.2) is 0 Å². The van der Waals surface area contributed by atoms with Gasteiger partial charge in [-0.05, 0) is 76.0 Å². The normalized spacial score (nSPS) is 15.3. The fourth-order valence-corrected chi connectivity index (χ4v) is 8.41. The Morgan fingerprint density at radius 3 is 1.08 bits per heavy atom. The van der Waals surface area contributed by atoms with E-state index in [1.54, 1.807) is 33.8 Å². The van der Waals surface area contributed by atoms with Crippen LogP contribution in [0, 0.1) is 23.7 Å². The summed E-state index contributed by atoms with van der Waals surface area (Å²) < 4.78 is 21.1. The fourth-order valence-electron chi connectivity index (χ4n) is 8.41. The predicted molar refractivity (Wildman–Crippen MR) is 311 cm³/mol. The Bertz CT molecular complexity index is 2250. The Morgan fingerprint density at radius 2 is 0.791 bits per heavy atom. The minimum absolute atomic E-state index is 0.0292. The molecule has 0 aliphatic heterocycles. The number of nitrogens with two attached hydrogens (primary N) is 2. The quantitative estimate of drug-likeness (QED) is 0.0279. The maximum absolute atomic E-state index is 13.7. The number of nitrogens with zero attached hydrogens (tertiary/aromatic N) is 1. The number of esters is 2. The van der Waals surface area contributed by atoms with Gasteiger partial charge in [0.25, 0.3) is 0 Å². The standard InChI is InChI=1S/C57H95N11O18/c1-13-32(7)46(52(77)67-48(34(9)69)54(79)62-38(28-30(3)4)56(81)83-11)65-50(75)36(22-24-40(58)71)60-42(73)18-16-26-85-44-20-15-21-45(64-44)86-27-17-19-43(74)61-37(23-25-41(59)72)51(76)66-47(33(8)14-2)53(78)68-49(35(10)70)55(80)63-39(29-31(5)6)57(82)84-12/h15,20-21,30-39,46-49,69-70H,13-14,16-19,22-29H2,1-12H3,(H2,58,71)(H2,59,72)(H,60,73)(H,61,74)(H,62,79)(H,63,80)(H,65,75)(H,66,76)(H,67,77)(H,68,78)/t32-,33-,34+,35+,36-,37-,38-,39-,46-,47-,48-,49-/m0/s1. The zero-order valence-electron chi connectivity index (χ0n) is 51.7. The Hall–Kier alpha value is -7.69. The summed E-state index contributed by atoms with van der Waals surface area (Å²) in [7, 11) is 2.32. The lowest BCUT2D eigenvalue weighted by Gasteiger charge is -2.29. The van der Waals surface area contributed by atoms with Gasteiger partial charge in [-0.3, -0.25) is 47.9 Å². The molecule has 1 heterocycles. The topological polar surface area (TPSA) is 443 Å². The minimum Gasteiger partial charge on any atom is -0.478 e. The number of nitrogens with one attached hydrogen (secondary N) is 8. The molecule has 0 radical (unpaired) electrons. The third kappa shape index (κ3) is 28.9. The van der Waals surface area contributed by atoms with Crippen molar-refractivity contribution in [2.24, 2.45) is 35.1 Å². The first-order chi connectivity index (χ1) is 40.4. The van der Waals surface area contributed by atoms with Gasteiger partial charge in [0.05, 0.1) is 39.6 Å². The van der Waals surface area contributed by atoms with E-state index < -0.39 is 143 Å². The van der Waals surface area contributed by atoms with Crippen molar-refractivity contribution < 1.29 is 86.7 Å². The number of aliphatic hydroxyl groups is 2. The molecule has 29 heteroatoms. The molecular weight excluding hydrogens is 1130 g/mol. The molecule has 10 amide bonds. The van der Waals surface area contributed by atoms with Crippen LogP contribution >= 0.6 is 0 Å². The number of hydrogen-bond donors (Lipinski definition) is 12. The second-order valence-electron chi connectivity index (χ2n) is 22.1. The summed E-state index contributed by atoms with van der Waals surface area (Å²) in [5, 5.41) is 41.4. The number of amides is 10. The summed E-state index contributed by atoms with van der Waals surface area (Å²) >= 11 is 0. The second-order valence-corrected chi connectivity index (χ2v) is 22.1. The monoisotopic (exact) mass is 1220 g/mol. The van der Waals surface area contributed by atoms with Crippen LogP contribution in [0.3, 0.4) is 0 Å². The zero-order valence-corrected chi connectivity index (χ0v) is 51.7. The molecule has 0 bridgehead atoms. The van der Waals surface area contributed by atoms with Crippen LogP contribution in [0.4, 0.5) is 0 Å². The van der Waals surface area contributed by atoms with Gasteiger partial charge in [0.1, 0.15) is 48.3 Å². The first-order valence-corrected chi connectivity index (χ1v) is 29.1. The average molecular weight is 1220 g/mol. The van der Waals surface area contributed by atoms with Gasteiger partial charge in [-0.2, -0.15) is 4.98 Å². The van der Waals surface area contributed by atoms with Gasteiger partial charge in [-0.25, -0.2) is 9.59 Å². The number of methoxy groups -OCH3 is 2. The van der Waals surface area contributed by atoms with Crippen molar-refractivity contribution in [2.75, 3.05) is 27.4 Å². The molecule has 0 fully saturated rings. The van der Waals surface area contributed by atoms with Crippen LogP contribution in [0.1, 0.15) is 146 Å². The van der Waals surface area contributed by atoms with Crippen LogP contribution in [0.2, 0.25) is 0 Å². The van der Waals surface area contributed by atoms with Gasteiger partial charge < -0.3 is 83.2 Å². The number of hydrogen-bond acceptors (Lipinski definition) is 19. The molecule has 486 valence electrons. The van der Waals surface area contributed by atoms with E-state index in [0.717, 1.165) is 14.2 Å². The lowest BCUT2D eigenvalue weighted by molar-refractivity contribution is -0.146. The van der Waals surface area contributed by atoms with Gasteiger partial charge in [0.2, 0.25) is 70.8 Å². The first kappa shape index (κ1) is 76.3. The molecule has 0 saturated heterocycles. The Morgan fingerprint density at radius 1 is 0.465 bits per heavy atom. The van der Waals surface area contributed by atoms with E-state index in [1.165, 1.54) is 26.0 Å². The van der Waals surface area contributed by atoms with Crippen molar-refractivity contribution in [3.05, 3.63) is 18.2 Å². The number of primary amides is 2. The third-order valence-corrected chi connectivity index (χ3v) is 13.7. The molecule has 0 spiro atoms. The van der Waals surface area contributed by atoms with Gasteiger partial charge >= 0.3 is 11.9 Å². The molecule has 0 aliphatic carbocycles. The van der Waals surface area contributed by atoms with Crippen LogP contribution in [-0.4, -0.2) is 174 Å². The Balaban J connectivity index is 2.97. The predicted octanol–water partition coefficient (Wildman–Crippen LogP) is -0.899. The van der Waals surface area contributed by atoms with Gasteiger partial charge in [-0.1, -0.05) is 74.3 Å². The molecule has 0 unspecified atom stereocenters. The lowest BCUT2D eigenvalue weighted by atomic mass is 9.96. The molecule has 1 aromatic heterocycles. The molecule has 29 nitrogen and oxygen atoms in total. The van der Waals surface area contributed by atoms with E-state index in [-0.39, 0.29) is 101 Å². The van der Waals surface area contributed by atoms with Crippen LogP contribution in [-0.2, 0) is 67.0 Å². The highest BCUT2D eigenvalue weighted by atomic mass is 16.5. The summed E-state index contributed by atoms with van der Waals surface area (Å²) in [6.07, 6.45) is -2.85. The number of ether oxygens (including phenoxy) is 4. The van der Waals surface area contributed by atoms with Gasteiger partial charge in [0, 0.05) is 37.8 Å². The maximum Gasteiger partial charge on any atom is 0.328 e. The zero-order chi connectivity index (χ0) is 65.4. The first-order valence-electron chi connectivity index (χ1n) is 29.1. The molecular formula is C57H95N11O18. The van der Waals surface area contributed by atoms with Crippen LogP contribution in [0.15, 0.2) is 18.2 Å². The van der Waals surface area contributed by atoms with E-state index in [4.69, 9.17) is 30.4 Å². The summed E-state index contributed by atoms with van der Waals surface area (Å²) in [5.41, 5.74) is 10.8. The van der Waals surface area contributed by atoms with E-state index >= 15 is 0 Å². The summed E-state index contributed by atoms with van der Waals surface area (Å²) in [5.74, 6) is -10.1. The Kier molecular flexibility index (Phi) is 35.4. The van der Waals surface area contributed by atoms with Gasteiger partial charge in [-0.15, -0.1) is 0 Å². The summed E-state index contributed by atoms with van der Waals surface area (Å²) in [6.45, 7) is 16.6. The number of carbonyl (C=O) groups excluding carboxylic acids is 12. The molecule has 12 atom stereocenters. The van der Waals surface area contributed by atoms with Crippen molar-refractivity contribution >= 4 is 71.0 Å². The van der Waals surface area contributed by atoms with E-state index in [1.807, 2.05) is 27.7 Å². The molecule has 14 N–H and O–H groups in total. The van der Waals surface area contributed by atoms with Crippen molar-refractivity contribution in [1.82, 2.24) is 47.5 Å². The number of aromatic nitrogens is 1. The SMILES string of the molecule is CC[C@H](C)[C@H](NC(=O)[C@H](CCC(N)=O)NC(=O)CCCOc1cccc(OCCCC(=O)N[C@@H](CCC(N)=O)C(=O)N[C@H](C(=O)N[C@H](C(=O)N[C@@H](CC(C)C)C(=O)OC)[C@@H](C)O)[C@@H](C)CC)n1)C(=O)N[C@H](C(=O)N[C@@H](CC(C)C)C(=O)OC)[C@@H](C)O. The third-order valence-electron chi connectivity index (χ3n) is 13.7. The van der Waals surface area contributed by atoms with Crippen LogP contribution in [0.25, 0.3) is 0 Å². The Labute approximate surface area is 503 Å².